The van der Waals surface area contributed by atoms with E-state index in [-0.39, 0.29) is 43.1 Å². The number of ketones is 2. The lowest BCUT2D eigenvalue weighted by molar-refractivity contribution is -0.265. The van der Waals surface area contributed by atoms with Gasteiger partial charge in [0, 0.05) is 64.5 Å². The monoisotopic (exact) mass is 917 g/mol. The van der Waals surface area contributed by atoms with Crippen LogP contribution in [-0.4, -0.2) is 143 Å². The summed E-state index contributed by atoms with van der Waals surface area (Å²) in [7, 11) is 4.50. The number of rotatable bonds is 6. The molecule has 0 aromatic rings. The Morgan fingerprint density at radius 2 is 1.55 bits per heavy atom. The van der Waals surface area contributed by atoms with Crippen LogP contribution in [0, 0.1) is 29.6 Å². The van der Waals surface area contributed by atoms with Crippen LogP contribution in [0.15, 0.2) is 47.6 Å². The first-order valence-electron chi connectivity index (χ1n) is 23.8. The number of methoxy groups -OCH3 is 3. The van der Waals surface area contributed by atoms with Crippen molar-refractivity contribution in [2.24, 2.45) is 35.3 Å². The van der Waals surface area contributed by atoms with E-state index in [9.17, 15) is 39.6 Å². The summed E-state index contributed by atoms with van der Waals surface area (Å²) >= 11 is 0. The van der Waals surface area contributed by atoms with Gasteiger partial charge in [-0.3, -0.25) is 14.4 Å². The molecule has 0 aromatic heterocycles. The Balaban J connectivity index is 1.70. The van der Waals surface area contributed by atoms with Crippen molar-refractivity contribution in [1.29, 1.82) is 0 Å². The Morgan fingerprint density at radius 3 is 2.23 bits per heavy atom. The fourth-order valence-electron chi connectivity index (χ4n) is 10.0. The number of fused-ring (bicyclic) bond motifs is 3. The number of nitrogens with two attached hydrogens (primary N) is 1. The van der Waals surface area contributed by atoms with Crippen molar-refractivity contribution >= 4 is 23.4 Å². The Hall–Kier alpha value is -3.12. The Bertz CT molecular complexity index is 1710. The Labute approximate surface area is 386 Å². The summed E-state index contributed by atoms with van der Waals surface area (Å²) in [6.45, 7) is 10.9. The second-order valence-electron chi connectivity index (χ2n) is 19.5. The van der Waals surface area contributed by atoms with Crippen molar-refractivity contribution in [3.8, 4) is 0 Å². The molecule has 1 saturated carbocycles. The van der Waals surface area contributed by atoms with E-state index in [1.165, 1.54) is 12.0 Å². The van der Waals surface area contributed by atoms with Crippen molar-refractivity contribution in [3.05, 3.63) is 47.6 Å². The number of aliphatic hydroxyl groups is 4. The van der Waals surface area contributed by atoms with Crippen molar-refractivity contribution in [1.82, 2.24) is 4.90 Å². The average Bonchev–Trinajstić information content (AvgIpc) is 3.28. The minimum absolute atomic E-state index is 0.0202. The number of piperidine rings is 1. The lowest BCUT2D eigenvalue weighted by Crippen LogP contribution is -2.61. The number of hydrogen-bond donors (Lipinski definition) is 5. The molecule has 0 radical (unpaired) electrons. The highest BCUT2D eigenvalue weighted by Crippen LogP contribution is 2.37. The molecule has 16 atom stereocenters. The lowest BCUT2D eigenvalue weighted by Gasteiger charge is -2.42. The zero-order valence-electron chi connectivity index (χ0n) is 40.3. The van der Waals surface area contributed by atoms with Crippen LogP contribution < -0.4 is 5.73 Å². The first-order valence-corrected chi connectivity index (χ1v) is 23.8. The quantitative estimate of drug-likeness (QED) is 0.139. The number of ether oxygens (including phenoxy) is 5. The molecule has 1 amide bonds. The van der Waals surface area contributed by atoms with Crippen molar-refractivity contribution in [2.45, 2.75) is 185 Å². The maximum absolute atomic E-state index is 14.3. The highest BCUT2D eigenvalue weighted by molar-refractivity contribution is 6.39. The number of amides is 1. The van der Waals surface area contributed by atoms with Gasteiger partial charge in [-0.15, -0.1) is 0 Å². The maximum atomic E-state index is 14.3. The van der Waals surface area contributed by atoms with Crippen LogP contribution in [0.3, 0.4) is 0 Å². The highest BCUT2D eigenvalue weighted by atomic mass is 16.6. The Morgan fingerprint density at radius 1 is 0.831 bits per heavy atom. The third-order valence-electron chi connectivity index (χ3n) is 14.4. The summed E-state index contributed by atoms with van der Waals surface area (Å²) in [6, 6.07) is -1.94. The molecule has 2 bridgehead atoms. The summed E-state index contributed by atoms with van der Waals surface area (Å²) < 4.78 is 29.3. The molecule has 3 heterocycles. The molecule has 1 aliphatic carbocycles. The van der Waals surface area contributed by atoms with Crippen LogP contribution in [0.2, 0.25) is 0 Å². The second-order valence-corrected chi connectivity index (χ2v) is 19.5. The number of esters is 1. The molecule has 15 heteroatoms. The van der Waals surface area contributed by atoms with Gasteiger partial charge in [-0.1, -0.05) is 64.2 Å². The molecule has 3 fully saturated rings. The molecule has 15 nitrogen and oxygen atoms in total. The number of carbonyl (C=O) groups is 4. The van der Waals surface area contributed by atoms with Crippen LogP contribution in [0.1, 0.15) is 119 Å². The van der Waals surface area contributed by atoms with Gasteiger partial charge >= 0.3 is 5.97 Å². The summed E-state index contributed by atoms with van der Waals surface area (Å²) in [5.74, 6) is -7.38. The number of nitrogens with zero attached hydrogens (tertiary/aromatic N) is 1. The molecule has 0 aromatic carbocycles. The predicted octanol–water partition coefficient (Wildman–Crippen LogP) is 4.66. The third kappa shape index (κ3) is 14.4. The number of aliphatic hydroxyl groups excluding tert-OH is 3. The molecule has 65 heavy (non-hydrogen) atoms. The van der Waals surface area contributed by atoms with Gasteiger partial charge in [-0.05, 0) is 101 Å². The van der Waals surface area contributed by atoms with Crippen molar-refractivity contribution in [3.63, 3.8) is 0 Å². The number of carbonyl (C=O) groups excluding carboxylic acids is 4. The minimum atomic E-state index is -2.44. The fourth-order valence-corrected chi connectivity index (χ4v) is 10.0. The van der Waals surface area contributed by atoms with Crippen LogP contribution in [0.25, 0.3) is 0 Å². The topological polar surface area (TPSA) is 225 Å². The summed E-state index contributed by atoms with van der Waals surface area (Å²) in [5, 5.41) is 45.5. The minimum Gasteiger partial charge on any atom is -0.459 e. The zero-order valence-corrected chi connectivity index (χ0v) is 40.3. The van der Waals surface area contributed by atoms with E-state index >= 15 is 0 Å². The average molecular weight is 917 g/mol. The second kappa shape index (κ2) is 25.3. The lowest BCUT2D eigenvalue weighted by atomic mass is 9.80. The fraction of sp³-hybridized carbons (Fsp3) is 0.760. The molecule has 6 N–H and O–H groups in total. The normalized spacial score (nSPS) is 40.2. The first-order chi connectivity index (χ1) is 30.7. The molecule has 2 saturated heterocycles. The van der Waals surface area contributed by atoms with Crippen LogP contribution in [0.5, 0.6) is 0 Å². The van der Waals surface area contributed by atoms with Gasteiger partial charge in [0.15, 0.2) is 5.78 Å². The van der Waals surface area contributed by atoms with Gasteiger partial charge in [0.1, 0.15) is 24.4 Å². The van der Waals surface area contributed by atoms with E-state index in [1.807, 2.05) is 51.2 Å². The van der Waals surface area contributed by atoms with E-state index in [2.05, 4.69) is 0 Å². The number of allylic oxidation sites excluding steroid dienone is 5. The summed E-state index contributed by atoms with van der Waals surface area (Å²) in [4.78, 5) is 57.6. The maximum Gasteiger partial charge on any atom is 0.329 e. The van der Waals surface area contributed by atoms with Crippen LogP contribution >= 0.6 is 0 Å². The van der Waals surface area contributed by atoms with E-state index in [1.54, 1.807) is 41.1 Å². The van der Waals surface area contributed by atoms with Gasteiger partial charge in [0.2, 0.25) is 5.79 Å². The van der Waals surface area contributed by atoms with Crippen molar-refractivity contribution < 1.29 is 63.3 Å². The van der Waals surface area contributed by atoms with E-state index in [4.69, 9.17) is 29.4 Å². The van der Waals surface area contributed by atoms with Gasteiger partial charge in [0.05, 0.1) is 30.5 Å². The molecule has 3 aliphatic heterocycles. The standard InChI is InChI=1S/C50H80N2O13/c1-29-15-11-10-12-16-30(2)41(61-7)27-36-20-18-34(6)50(60,65-36)47(57)48(58)52-22-14-13-17-38(52)49(59)64-42(37(51)25-35-19-21-39(53)43(26-35)62-8)28-40(54)31(3)24-33(5)45(56)46(63-9)44(55)32(4)23-29/h10-12,15-16,24,29,31-32,34-43,45-46,53-54,56,60H,13-14,17-23,25-28,51H2,1-9H3/b12-10?,15-11+,30-16?,33-24+/t29-,31-,32-,34-,35+,36+,37-,38+,39-,40-,41+,42+,43-,45-,46+,50-/m1/s1. The first kappa shape index (κ1) is 54.5. The summed E-state index contributed by atoms with van der Waals surface area (Å²) in [5.41, 5.74) is 8.17. The highest BCUT2D eigenvalue weighted by Gasteiger charge is 2.53. The Kier molecular flexibility index (Phi) is 21.2. The van der Waals surface area contributed by atoms with Crippen LogP contribution in [-0.2, 0) is 42.9 Å². The van der Waals surface area contributed by atoms with E-state index in [0.29, 0.717) is 69.8 Å². The third-order valence-corrected chi connectivity index (χ3v) is 14.4. The SMILES string of the molecule is CO[C@H]1C[C@@H]2CC[C@@H](C)[C@@](O)(O2)C(=O)C(=O)N2CCCC[C@H]2C(=O)O[C@H]([C@H](N)C[C@@H]2CC[C@@H](O)[C@H](OC)C2)C[C@@H](O)[C@H](C)/C=C(\C)[C@@H](O)[C@@H](OC)C(=O)[C@H](C)C[C@H](C)/C=C/C=CC=C1C. The number of cyclic esters (lactones) is 1. The van der Waals surface area contributed by atoms with E-state index in [0.717, 1.165) is 5.57 Å². The van der Waals surface area contributed by atoms with Gasteiger partial charge < -0.3 is 54.7 Å². The van der Waals surface area contributed by atoms with Crippen molar-refractivity contribution in [2.75, 3.05) is 27.9 Å². The number of Topliss-reactive ketones (excluding diaryl/α,β-unsaturated/α-hetero) is 2. The van der Waals surface area contributed by atoms with E-state index < -0.39 is 96.0 Å². The van der Waals surface area contributed by atoms with Gasteiger partial charge in [0.25, 0.3) is 11.7 Å². The van der Waals surface area contributed by atoms with Gasteiger partial charge in [-0.2, -0.15) is 0 Å². The molecular formula is C50H80N2O13. The zero-order chi connectivity index (χ0) is 48.2. The molecule has 0 unspecified atom stereocenters. The smallest absolute Gasteiger partial charge is 0.329 e. The molecular weight excluding hydrogens is 837 g/mol. The predicted molar refractivity (Wildman–Crippen MR) is 245 cm³/mol. The number of hydrogen-bond acceptors (Lipinski definition) is 14. The summed E-state index contributed by atoms with van der Waals surface area (Å²) in [6.07, 6.45) is 9.61. The molecule has 4 rings (SSSR count). The molecule has 0 spiro atoms. The van der Waals surface area contributed by atoms with Gasteiger partial charge in [-0.25, -0.2) is 4.79 Å². The largest absolute Gasteiger partial charge is 0.459 e. The molecule has 4 aliphatic rings. The molecule has 368 valence electrons. The van der Waals surface area contributed by atoms with Crippen LogP contribution in [0.4, 0.5) is 0 Å².